The summed E-state index contributed by atoms with van der Waals surface area (Å²) in [7, 11) is 0. The third kappa shape index (κ3) is 3.37. The summed E-state index contributed by atoms with van der Waals surface area (Å²) in [6.07, 6.45) is -0.236. The summed E-state index contributed by atoms with van der Waals surface area (Å²) in [5.74, 6) is 0. The molecule has 1 fully saturated rings. The third-order valence-electron chi connectivity index (χ3n) is 3.28. The van der Waals surface area contributed by atoms with Gasteiger partial charge in [0.1, 0.15) is 0 Å². The molecule has 8 heteroatoms. The number of nitrogens with one attached hydrogen (secondary N) is 1. The maximum absolute atomic E-state index is 10.9. The molecule has 1 amide bonds. The van der Waals surface area contributed by atoms with Gasteiger partial charge in [-0.1, -0.05) is 11.6 Å². The van der Waals surface area contributed by atoms with E-state index in [1.165, 1.54) is 11.0 Å². The van der Waals surface area contributed by atoms with Gasteiger partial charge in [-0.3, -0.25) is 10.1 Å². The van der Waals surface area contributed by atoms with Crippen LogP contribution in [0.3, 0.4) is 0 Å². The Balaban J connectivity index is 1.98. The van der Waals surface area contributed by atoms with Gasteiger partial charge in [0.15, 0.2) is 0 Å². The summed E-state index contributed by atoms with van der Waals surface area (Å²) >= 11 is 5.75. The van der Waals surface area contributed by atoms with Crippen LogP contribution in [0.2, 0.25) is 5.02 Å². The quantitative estimate of drug-likeness (QED) is 0.655. The second kappa shape index (κ2) is 6.06. The molecule has 7 nitrogen and oxygen atoms in total. The molecule has 0 spiro atoms. The molecule has 1 heterocycles. The van der Waals surface area contributed by atoms with Crippen molar-refractivity contribution in [3.05, 3.63) is 38.9 Å². The van der Waals surface area contributed by atoms with E-state index in [2.05, 4.69) is 5.32 Å². The second-order valence-electron chi connectivity index (χ2n) is 4.63. The third-order valence-corrected chi connectivity index (χ3v) is 3.52. The lowest BCUT2D eigenvalue weighted by Crippen LogP contribution is -2.34. The van der Waals surface area contributed by atoms with Crippen molar-refractivity contribution in [1.29, 1.82) is 0 Å². The van der Waals surface area contributed by atoms with Crippen LogP contribution in [0.1, 0.15) is 12.0 Å². The molecule has 0 bridgehead atoms. The minimum Gasteiger partial charge on any atom is -0.465 e. The molecule has 0 aromatic heterocycles. The van der Waals surface area contributed by atoms with E-state index in [1.807, 2.05) is 0 Å². The average molecular weight is 300 g/mol. The first kappa shape index (κ1) is 14.5. The van der Waals surface area contributed by atoms with Gasteiger partial charge in [-0.05, 0) is 18.6 Å². The average Bonchev–Trinajstić information content (AvgIpc) is 2.86. The zero-order valence-electron chi connectivity index (χ0n) is 10.6. The van der Waals surface area contributed by atoms with Crippen LogP contribution in [0.25, 0.3) is 0 Å². The van der Waals surface area contributed by atoms with Crippen LogP contribution in [0.5, 0.6) is 0 Å². The molecule has 0 radical (unpaired) electrons. The fourth-order valence-corrected chi connectivity index (χ4v) is 2.38. The zero-order chi connectivity index (χ0) is 14.7. The normalized spacial score (nSPS) is 18.2. The number of nitro groups is 1. The Morgan fingerprint density at radius 3 is 2.95 bits per heavy atom. The minimum atomic E-state index is -0.938. The molecule has 1 aliphatic heterocycles. The molecule has 20 heavy (non-hydrogen) atoms. The van der Waals surface area contributed by atoms with Crippen LogP contribution in [0.15, 0.2) is 18.2 Å². The van der Waals surface area contributed by atoms with Gasteiger partial charge >= 0.3 is 6.09 Å². The van der Waals surface area contributed by atoms with Crippen molar-refractivity contribution in [3.63, 3.8) is 0 Å². The van der Waals surface area contributed by atoms with Gasteiger partial charge in [-0.25, -0.2) is 4.79 Å². The number of benzene rings is 1. The first-order valence-corrected chi connectivity index (χ1v) is 6.49. The molecule has 1 saturated heterocycles. The predicted molar refractivity (Wildman–Crippen MR) is 72.9 cm³/mol. The Morgan fingerprint density at radius 2 is 2.35 bits per heavy atom. The van der Waals surface area contributed by atoms with E-state index in [4.69, 9.17) is 16.7 Å². The van der Waals surface area contributed by atoms with Crippen LogP contribution >= 0.6 is 11.6 Å². The van der Waals surface area contributed by atoms with E-state index < -0.39 is 11.0 Å². The molecule has 2 rings (SSSR count). The number of likely N-dealkylation sites (tertiary alicyclic amines) is 1. The molecule has 1 aromatic carbocycles. The Morgan fingerprint density at radius 1 is 1.60 bits per heavy atom. The number of halogens is 1. The van der Waals surface area contributed by atoms with Crippen molar-refractivity contribution < 1.29 is 14.8 Å². The molecule has 1 aromatic rings. The van der Waals surface area contributed by atoms with Crippen LogP contribution < -0.4 is 5.32 Å². The van der Waals surface area contributed by atoms with E-state index >= 15 is 0 Å². The fraction of sp³-hybridized carbons (Fsp3) is 0.417. The molecule has 2 N–H and O–H groups in total. The van der Waals surface area contributed by atoms with E-state index in [9.17, 15) is 14.9 Å². The predicted octanol–water partition coefficient (Wildman–Crippen LogP) is 2.09. The zero-order valence-corrected chi connectivity index (χ0v) is 11.3. The van der Waals surface area contributed by atoms with Gasteiger partial charge in [0.05, 0.1) is 4.92 Å². The van der Waals surface area contributed by atoms with Gasteiger partial charge in [0, 0.05) is 42.3 Å². The Bertz CT molecular complexity index is 537. The molecule has 1 atom stereocenters. The number of rotatable bonds is 4. The first-order valence-electron chi connectivity index (χ1n) is 6.11. The van der Waals surface area contributed by atoms with Crippen molar-refractivity contribution in [2.75, 3.05) is 13.1 Å². The van der Waals surface area contributed by atoms with Gasteiger partial charge in [-0.15, -0.1) is 0 Å². The highest BCUT2D eigenvalue weighted by atomic mass is 35.5. The van der Waals surface area contributed by atoms with Crippen molar-refractivity contribution in [1.82, 2.24) is 10.2 Å². The molecule has 0 saturated carbocycles. The molecular formula is C12H14ClN3O4. The number of carboxylic acid groups (broad SMARTS) is 1. The summed E-state index contributed by atoms with van der Waals surface area (Å²) in [5, 5.41) is 23.3. The van der Waals surface area contributed by atoms with Crippen molar-refractivity contribution >= 4 is 23.4 Å². The van der Waals surface area contributed by atoms with Gasteiger partial charge in [-0.2, -0.15) is 0 Å². The van der Waals surface area contributed by atoms with Gasteiger partial charge in [0.2, 0.25) is 0 Å². The highest BCUT2D eigenvalue weighted by Gasteiger charge is 2.26. The summed E-state index contributed by atoms with van der Waals surface area (Å²) in [4.78, 5) is 22.6. The van der Waals surface area contributed by atoms with E-state index in [0.717, 1.165) is 0 Å². The Labute approximate surface area is 120 Å². The summed E-state index contributed by atoms with van der Waals surface area (Å²) in [6.45, 7) is 1.19. The number of amides is 1. The second-order valence-corrected chi connectivity index (χ2v) is 5.06. The van der Waals surface area contributed by atoms with E-state index in [-0.39, 0.29) is 11.7 Å². The monoisotopic (exact) mass is 299 g/mol. The van der Waals surface area contributed by atoms with Crippen molar-refractivity contribution in [3.8, 4) is 0 Å². The van der Waals surface area contributed by atoms with Crippen LogP contribution in [-0.2, 0) is 6.54 Å². The lowest BCUT2D eigenvalue weighted by Gasteiger charge is -2.14. The molecule has 1 unspecified atom stereocenters. The number of nitro benzene ring substituents is 1. The standard InChI is InChI=1S/C12H14ClN3O4/c13-9-2-1-8(11(5-9)16(19)20)6-14-10-3-4-15(7-10)12(17)18/h1-2,5,10,14H,3-4,6-7H2,(H,17,18). The molecule has 0 aliphatic carbocycles. The van der Waals surface area contributed by atoms with Crippen LogP contribution in [0.4, 0.5) is 10.5 Å². The molecule has 1 aliphatic rings. The largest absolute Gasteiger partial charge is 0.465 e. The molecule has 108 valence electrons. The SMILES string of the molecule is O=C(O)N1CCC(NCc2ccc(Cl)cc2[N+](=O)[O-])C1. The lowest BCUT2D eigenvalue weighted by molar-refractivity contribution is -0.385. The number of hydrogen-bond donors (Lipinski definition) is 2. The van der Waals surface area contributed by atoms with Crippen LogP contribution in [0, 0.1) is 10.1 Å². The smallest absolute Gasteiger partial charge is 0.407 e. The van der Waals surface area contributed by atoms with Crippen molar-refractivity contribution in [2.45, 2.75) is 19.0 Å². The summed E-state index contributed by atoms with van der Waals surface area (Å²) < 4.78 is 0. The van der Waals surface area contributed by atoms with E-state index in [1.54, 1.807) is 12.1 Å². The number of carbonyl (C=O) groups is 1. The van der Waals surface area contributed by atoms with Crippen molar-refractivity contribution in [2.24, 2.45) is 0 Å². The first-order chi connectivity index (χ1) is 9.47. The highest BCUT2D eigenvalue weighted by Crippen LogP contribution is 2.23. The lowest BCUT2D eigenvalue weighted by atomic mass is 10.1. The van der Waals surface area contributed by atoms with E-state index in [0.29, 0.717) is 36.6 Å². The summed E-state index contributed by atoms with van der Waals surface area (Å²) in [5.41, 5.74) is 0.506. The summed E-state index contributed by atoms with van der Waals surface area (Å²) in [6, 6.07) is 4.54. The van der Waals surface area contributed by atoms with Crippen LogP contribution in [-0.4, -0.2) is 40.2 Å². The molecular weight excluding hydrogens is 286 g/mol. The Kier molecular flexibility index (Phi) is 4.41. The van der Waals surface area contributed by atoms with Gasteiger partial charge < -0.3 is 15.3 Å². The maximum atomic E-state index is 10.9. The minimum absolute atomic E-state index is 0.0152. The fourth-order valence-electron chi connectivity index (χ4n) is 2.21. The maximum Gasteiger partial charge on any atom is 0.407 e. The number of hydrogen-bond acceptors (Lipinski definition) is 4. The van der Waals surface area contributed by atoms with Gasteiger partial charge in [0.25, 0.3) is 5.69 Å². The topological polar surface area (TPSA) is 95.7 Å². The Hall–Kier alpha value is -1.86. The number of nitrogens with zero attached hydrogens (tertiary/aromatic N) is 2. The highest BCUT2D eigenvalue weighted by molar-refractivity contribution is 6.30.